The molecule has 1 N–H and O–H groups in total. The predicted molar refractivity (Wildman–Crippen MR) is 125 cm³/mol. The third-order valence-electron chi connectivity index (χ3n) is 5.56. The Bertz CT molecular complexity index is 1420. The second-order valence-corrected chi connectivity index (χ2v) is 7.75. The Hall–Kier alpha value is -4.65. The van der Waals surface area contributed by atoms with E-state index in [0.717, 1.165) is 21.2 Å². The number of carbonyl (C=O) groups is 3. The molecule has 4 amide bonds. The van der Waals surface area contributed by atoms with Crippen LogP contribution in [-0.4, -0.2) is 22.7 Å². The van der Waals surface area contributed by atoms with Gasteiger partial charge < -0.3 is 9.15 Å². The Morgan fingerprint density at radius 2 is 1.68 bits per heavy atom. The number of nitrogens with zero attached hydrogens (tertiary/aromatic N) is 1. The fraction of sp³-hybridized carbons (Fsp3) is 0.0741. The van der Waals surface area contributed by atoms with E-state index in [4.69, 9.17) is 9.15 Å². The Morgan fingerprint density at radius 1 is 0.882 bits per heavy atom. The first kappa shape index (κ1) is 21.2. The van der Waals surface area contributed by atoms with E-state index in [-0.39, 0.29) is 12.1 Å². The van der Waals surface area contributed by atoms with Crippen molar-refractivity contribution in [3.05, 3.63) is 108 Å². The molecule has 0 aliphatic carbocycles. The maximum atomic E-state index is 13.0. The number of urea groups is 1. The number of hydrogen-bond acceptors (Lipinski definition) is 5. The average Bonchev–Trinajstić information content (AvgIpc) is 3.37. The lowest BCUT2D eigenvalue weighted by molar-refractivity contribution is -0.130. The average molecular weight is 452 g/mol. The summed E-state index contributed by atoms with van der Waals surface area (Å²) in [5.74, 6) is -0.516. The van der Waals surface area contributed by atoms with E-state index in [0.29, 0.717) is 23.7 Å². The topological polar surface area (TPSA) is 88.9 Å². The van der Waals surface area contributed by atoms with Gasteiger partial charge in [-0.05, 0) is 40.6 Å². The zero-order chi connectivity index (χ0) is 23.5. The highest BCUT2D eigenvalue weighted by molar-refractivity contribution is 6.31. The molecule has 1 saturated heterocycles. The molecule has 0 atom stereocenters. The molecule has 4 aromatic rings. The van der Waals surface area contributed by atoms with Crippen LogP contribution in [0.4, 0.5) is 4.79 Å². The van der Waals surface area contributed by atoms with E-state index in [1.807, 2.05) is 48.5 Å². The molecule has 0 spiro atoms. The number of fused-ring (bicyclic) bond motifs is 1. The summed E-state index contributed by atoms with van der Waals surface area (Å²) in [4.78, 5) is 38.7. The van der Waals surface area contributed by atoms with Crippen molar-refractivity contribution in [3.63, 3.8) is 0 Å². The normalized spacial score (nSPS) is 15.1. The molecule has 34 heavy (non-hydrogen) atoms. The van der Waals surface area contributed by atoms with Gasteiger partial charge in [-0.3, -0.25) is 19.8 Å². The van der Waals surface area contributed by atoms with Gasteiger partial charge in [0.15, 0.2) is 0 Å². The first-order valence-corrected chi connectivity index (χ1v) is 10.7. The lowest BCUT2D eigenvalue weighted by atomic mass is 10.0. The molecule has 7 heteroatoms. The minimum absolute atomic E-state index is 0.0818. The lowest BCUT2D eigenvalue weighted by Gasteiger charge is -2.25. The number of para-hydroxylation sites is 1. The molecule has 5 rings (SSSR count). The molecule has 0 saturated carbocycles. The van der Waals surface area contributed by atoms with Crippen molar-refractivity contribution < 1.29 is 23.5 Å². The molecule has 1 aliphatic heterocycles. The number of amides is 4. The maximum absolute atomic E-state index is 13.0. The van der Waals surface area contributed by atoms with Crippen LogP contribution in [0.2, 0.25) is 0 Å². The highest BCUT2D eigenvalue weighted by Gasteiger charge is 2.36. The third kappa shape index (κ3) is 4.19. The predicted octanol–water partition coefficient (Wildman–Crippen LogP) is 4.67. The number of nitrogens with one attached hydrogen (secondary N) is 1. The number of carbonyl (C=O) groups excluding carboxylic acids is 3. The van der Waals surface area contributed by atoms with Crippen LogP contribution in [0, 0.1) is 0 Å². The first-order valence-electron chi connectivity index (χ1n) is 10.7. The Kier molecular flexibility index (Phi) is 5.66. The standard InChI is InChI=1S/C27H20N2O5/c30-25-23(26(31)29(27(32)28-25)16-21-11-6-14-33-21)15-19-8-2-4-13-24(19)34-17-20-10-5-9-18-7-1-3-12-22(18)20/h1-15H,16-17H2,(H,28,30,32). The molecule has 7 nitrogen and oxygen atoms in total. The minimum atomic E-state index is -0.788. The van der Waals surface area contributed by atoms with E-state index in [1.54, 1.807) is 30.3 Å². The molecule has 3 aromatic carbocycles. The maximum Gasteiger partial charge on any atom is 0.331 e. The zero-order valence-electron chi connectivity index (χ0n) is 18.1. The highest BCUT2D eigenvalue weighted by Crippen LogP contribution is 2.26. The van der Waals surface area contributed by atoms with Crippen LogP contribution < -0.4 is 10.1 Å². The van der Waals surface area contributed by atoms with Crippen LogP contribution in [0.25, 0.3) is 16.8 Å². The summed E-state index contributed by atoms with van der Waals surface area (Å²) in [7, 11) is 0. The van der Waals surface area contributed by atoms with Crippen molar-refractivity contribution in [2.45, 2.75) is 13.2 Å². The third-order valence-corrected chi connectivity index (χ3v) is 5.56. The van der Waals surface area contributed by atoms with Gasteiger partial charge in [0.2, 0.25) is 0 Å². The van der Waals surface area contributed by atoms with Crippen molar-refractivity contribution in [3.8, 4) is 5.75 Å². The number of ether oxygens (including phenoxy) is 1. The van der Waals surface area contributed by atoms with E-state index < -0.39 is 17.8 Å². The lowest BCUT2D eigenvalue weighted by Crippen LogP contribution is -2.53. The molecule has 168 valence electrons. The molecule has 0 bridgehead atoms. The molecule has 0 radical (unpaired) electrons. The van der Waals surface area contributed by atoms with Crippen molar-refractivity contribution in [1.82, 2.24) is 10.2 Å². The Morgan fingerprint density at radius 3 is 2.53 bits per heavy atom. The minimum Gasteiger partial charge on any atom is -0.488 e. The van der Waals surface area contributed by atoms with Gasteiger partial charge in [0.1, 0.15) is 23.7 Å². The largest absolute Gasteiger partial charge is 0.488 e. The smallest absolute Gasteiger partial charge is 0.331 e. The molecule has 0 unspecified atom stereocenters. The number of benzene rings is 3. The van der Waals surface area contributed by atoms with Crippen molar-refractivity contribution in [2.24, 2.45) is 0 Å². The highest BCUT2D eigenvalue weighted by atomic mass is 16.5. The zero-order valence-corrected chi connectivity index (χ0v) is 18.1. The summed E-state index contributed by atoms with van der Waals surface area (Å²) < 4.78 is 11.3. The van der Waals surface area contributed by atoms with Crippen LogP contribution in [-0.2, 0) is 22.7 Å². The van der Waals surface area contributed by atoms with Gasteiger partial charge in [0, 0.05) is 5.56 Å². The Balaban J connectivity index is 1.42. The van der Waals surface area contributed by atoms with Gasteiger partial charge in [0.25, 0.3) is 11.8 Å². The molecular formula is C27H20N2O5. The quantitative estimate of drug-likeness (QED) is 0.339. The van der Waals surface area contributed by atoms with Crippen molar-refractivity contribution in [1.29, 1.82) is 0 Å². The summed E-state index contributed by atoms with van der Waals surface area (Å²) in [6, 6.07) is 23.7. The van der Waals surface area contributed by atoms with Crippen molar-refractivity contribution >= 4 is 34.7 Å². The van der Waals surface area contributed by atoms with Crippen LogP contribution >= 0.6 is 0 Å². The number of hydrogen-bond donors (Lipinski definition) is 1. The van der Waals surface area contributed by atoms with E-state index in [9.17, 15) is 14.4 Å². The number of furan rings is 1. The van der Waals surface area contributed by atoms with Gasteiger partial charge in [-0.2, -0.15) is 0 Å². The second-order valence-electron chi connectivity index (χ2n) is 7.75. The van der Waals surface area contributed by atoms with Crippen LogP contribution in [0.1, 0.15) is 16.9 Å². The second kappa shape index (κ2) is 9.07. The SMILES string of the molecule is O=C1NC(=O)N(Cc2ccco2)C(=O)C1=Cc1ccccc1OCc1cccc2ccccc12. The van der Waals surface area contributed by atoms with Crippen LogP contribution in [0.3, 0.4) is 0 Å². The molecule has 2 heterocycles. The number of barbiturate groups is 1. The van der Waals surface area contributed by atoms with Gasteiger partial charge >= 0.3 is 6.03 Å². The fourth-order valence-corrected chi connectivity index (χ4v) is 3.86. The summed E-state index contributed by atoms with van der Waals surface area (Å²) in [5.41, 5.74) is 1.41. The van der Waals surface area contributed by atoms with Crippen molar-refractivity contribution in [2.75, 3.05) is 0 Å². The van der Waals surface area contributed by atoms with E-state index in [1.165, 1.54) is 12.3 Å². The summed E-state index contributed by atoms with van der Waals surface area (Å²) in [6.07, 6.45) is 2.89. The molecule has 1 aliphatic rings. The Labute approximate surface area is 195 Å². The van der Waals surface area contributed by atoms with Crippen LogP contribution in [0.15, 0.2) is 95.1 Å². The number of rotatable bonds is 6. The number of imide groups is 2. The van der Waals surface area contributed by atoms with Gasteiger partial charge in [-0.1, -0.05) is 60.7 Å². The molecule has 1 fully saturated rings. The monoisotopic (exact) mass is 452 g/mol. The summed E-state index contributed by atoms with van der Waals surface area (Å²) >= 11 is 0. The summed E-state index contributed by atoms with van der Waals surface area (Å²) in [6.45, 7) is 0.228. The van der Waals surface area contributed by atoms with Gasteiger partial charge in [-0.15, -0.1) is 0 Å². The van der Waals surface area contributed by atoms with Gasteiger partial charge in [-0.25, -0.2) is 4.79 Å². The first-order chi connectivity index (χ1) is 16.6. The van der Waals surface area contributed by atoms with Gasteiger partial charge in [0.05, 0.1) is 12.8 Å². The molecular weight excluding hydrogens is 432 g/mol. The van der Waals surface area contributed by atoms with E-state index >= 15 is 0 Å². The van der Waals surface area contributed by atoms with E-state index in [2.05, 4.69) is 5.32 Å². The fourth-order valence-electron chi connectivity index (χ4n) is 3.86. The summed E-state index contributed by atoms with van der Waals surface area (Å²) in [5, 5.41) is 4.42. The molecule has 1 aromatic heterocycles. The van der Waals surface area contributed by atoms with Crippen LogP contribution in [0.5, 0.6) is 5.75 Å².